The molecule has 0 fully saturated rings. The van der Waals surface area contributed by atoms with Gasteiger partial charge in [0.25, 0.3) is 0 Å². The maximum atomic E-state index is 3.49. The molecule has 1 unspecified atom stereocenters. The first-order valence-electron chi connectivity index (χ1n) is 8.58. The van der Waals surface area contributed by atoms with Crippen LogP contribution in [0.5, 0.6) is 0 Å². The standard InChI is InChI=1S/C22H27N/c1-3-4-5-6-13-18-22(21-16-11-8-12-17-21)23(2)19-20-14-9-7-10-15-20/h7-12,14-17,22H,3-6,19H2,1-2H3. The van der Waals surface area contributed by atoms with Gasteiger partial charge in [0.1, 0.15) is 0 Å². The van der Waals surface area contributed by atoms with Crippen molar-refractivity contribution >= 4 is 0 Å². The summed E-state index contributed by atoms with van der Waals surface area (Å²) in [6.45, 7) is 3.14. The monoisotopic (exact) mass is 305 g/mol. The molecule has 0 saturated heterocycles. The molecule has 120 valence electrons. The Morgan fingerprint density at radius 3 is 2.22 bits per heavy atom. The summed E-state index contributed by atoms with van der Waals surface area (Å²) in [4.78, 5) is 2.33. The fraction of sp³-hybridized carbons (Fsp3) is 0.364. The van der Waals surface area contributed by atoms with Crippen LogP contribution in [0.25, 0.3) is 0 Å². The number of hydrogen-bond donors (Lipinski definition) is 0. The van der Waals surface area contributed by atoms with Crippen molar-refractivity contribution in [1.82, 2.24) is 4.90 Å². The number of benzene rings is 2. The van der Waals surface area contributed by atoms with Gasteiger partial charge in [0.05, 0.1) is 6.04 Å². The van der Waals surface area contributed by atoms with Crippen molar-refractivity contribution in [2.75, 3.05) is 7.05 Å². The van der Waals surface area contributed by atoms with E-state index >= 15 is 0 Å². The molecule has 0 aliphatic rings. The molecule has 1 nitrogen and oxygen atoms in total. The Morgan fingerprint density at radius 2 is 1.57 bits per heavy atom. The predicted octanol–water partition coefficient (Wildman–Crippen LogP) is 5.44. The van der Waals surface area contributed by atoms with Crippen LogP contribution in [0.4, 0.5) is 0 Å². The molecule has 0 N–H and O–H groups in total. The molecule has 0 aromatic heterocycles. The van der Waals surface area contributed by atoms with Gasteiger partial charge in [-0.25, -0.2) is 0 Å². The molecule has 0 radical (unpaired) electrons. The van der Waals surface area contributed by atoms with E-state index in [1.807, 2.05) is 0 Å². The van der Waals surface area contributed by atoms with Crippen LogP contribution >= 0.6 is 0 Å². The second-order valence-corrected chi connectivity index (χ2v) is 5.99. The summed E-state index contributed by atoms with van der Waals surface area (Å²) in [5.74, 6) is 6.88. The zero-order valence-corrected chi connectivity index (χ0v) is 14.3. The zero-order valence-electron chi connectivity index (χ0n) is 14.3. The minimum atomic E-state index is 0.151. The van der Waals surface area contributed by atoms with Crippen LogP contribution in [0.1, 0.15) is 49.8 Å². The fourth-order valence-corrected chi connectivity index (χ4v) is 2.68. The maximum Gasteiger partial charge on any atom is 0.0971 e. The first-order valence-corrected chi connectivity index (χ1v) is 8.58. The van der Waals surface area contributed by atoms with Crippen molar-refractivity contribution in [2.24, 2.45) is 0 Å². The van der Waals surface area contributed by atoms with Gasteiger partial charge in [0.15, 0.2) is 0 Å². The zero-order chi connectivity index (χ0) is 16.3. The summed E-state index contributed by atoms with van der Waals surface area (Å²) in [6, 6.07) is 21.3. The summed E-state index contributed by atoms with van der Waals surface area (Å²) in [7, 11) is 2.16. The maximum absolute atomic E-state index is 3.49. The smallest absolute Gasteiger partial charge is 0.0971 e. The average Bonchev–Trinajstić information content (AvgIpc) is 2.59. The predicted molar refractivity (Wildman–Crippen MR) is 99.0 cm³/mol. The molecule has 2 aromatic rings. The molecule has 1 atom stereocenters. The van der Waals surface area contributed by atoms with Crippen LogP contribution in [-0.4, -0.2) is 11.9 Å². The van der Waals surface area contributed by atoms with E-state index in [1.165, 1.54) is 30.4 Å². The van der Waals surface area contributed by atoms with E-state index in [0.29, 0.717) is 0 Å². The van der Waals surface area contributed by atoms with Gasteiger partial charge in [0.2, 0.25) is 0 Å². The van der Waals surface area contributed by atoms with Crippen LogP contribution in [-0.2, 0) is 6.54 Å². The number of rotatable bonds is 7. The largest absolute Gasteiger partial charge is 0.285 e. The highest BCUT2D eigenvalue weighted by Crippen LogP contribution is 2.20. The summed E-state index contributed by atoms with van der Waals surface area (Å²) < 4.78 is 0. The van der Waals surface area contributed by atoms with Crippen molar-refractivity contribution in [1.29, 1.82) is 0 Å². The summed E-state index contributed by atoms with van der Waals surface area (Å²) in [6.07, 6.45) is 4.71. The highest BCUT2D eigenvalue weighted by atomic mass is 15.1. The third-order valence-electron chi connectivity index (χ3n) is 3.97. The van der Waals surface area contributed by atoms with Crippen molar-refractivity contribution in [3.63, 3.8) is 0 Å². The topological polar surface area (TPSA) is 3.24 Å². The van der Waals surface area contributed by atoms with Crippen LogP contribution in [0.3, 0.4) is 0 Å². The minimum Gasteiger partial charge on any atom is -0.285 e. The lowest BCUT2D eigenvalue weighted by molar-refractivity contribution is 0.285. The Balaban J connectivity index is 2.09. The Bertz CT molecular complexity index is 607. The first kappa shape index (κ1) is 17.3. The SMILES string of the molecule is CCCCCC#CC(c1ccccc1)N(C)Cc1ccccc1. The van der Waals surface area contributed by atoms with Gasteiger partial charge in [-0.2, -0.15) is 0 Å². The molecule has 2 aromatic carbocycles. The molecule has 2 rings (SSSR count). The lowest BCUT2D eigenvalue weighted by atomic mass is 10.0. The third-order valence-corrected chi connectivity index (χ3v) is 3.97. The third kappa shape index (κ3) is 5.93. The van der Waals surface area contributed by atoms with Gasteiger partial charge in [-0.15, -0.1) is 5.92 Å². The molecule has 0 bridgehead atoms. The van der Waals surface area contributed by atoms with E-state index in [0.717, 1.165) is 13.0 Å². The van der Waals surface area contributed by atoms with Gasteiger partial charge in [-0.1, -0.05) is 86.3 Å². The molecule has 23 heavy (non-hydrogen) atoms. The first-order chi connectivity index (χ1) is 11.3. The molecule has 0 aliphatic heterocycles. The quantitative estimate of drug-likeness (QED) is 0.486. The van der Waals surface area contributed by atoms with E-state index in [4.69, 9.17) is 0 Å². The molecular formula is C22H27N. The van der Waals surface area contributed by atoms with Crippen molar-refractivity contribution in [3.8, 4) is 11.8 Å². The normalized spacial score (nSPS) is 11.8. The van der Waals surface area contributed by atoms with E-state index in [-0.39, 0.29) is 6.04 Å². The van der Waals surface area contributed by atoms with Gasteiger partial charge in [0, 0.05) is 13.0 Å². The van der Waals surface area contributed by atoms with Gasteiger partial charge in [-0.3, -0.25) is 4.90 Å². The van der Waals surface area contributed by atoms with E-state index in [2.05, 4.69) is 91.4 Å². The molecule has 0 aliphatic carbocycles. The fourth-order valence-electron chi connectivity index (χ4n) is 2.68. The van der Waals surface area contributed by atoms with Gasteiger partial charge in [-0.05, 0) is 24.6 Å². The summed E-state index contributed by atoms with van der Waals surface area (Å²) in [5, 5.41) is 0. The lowest BCUT2D eigenvalue weighted by Crippen LogP contribution is -2.23. The highest BCUT2D eigenvalue weighted by molar-refractivity contribution is 5.28. The Hall–Kier alpha value is -2.04. The number of unbranched alkanes of at least 4 members (excludes halogenated alkanes) is 3. The Kier molecular flexibility index (Phi) is 7.43. The molecule has 1 heteroatoms. The van der Waals surface area contributed by atoms with E-state index in [1.54, 1.807) is 0 Å². The molecule has 0 amide bonds. The van der Waals surface area contributed by atoms with Gasteiger partial charge >= 0.3 is 0 Å². The van der Waals surface area contributed by atoms with E-state index in [9.17, 15) is 0 Å². The average molecular weight is 305 g/mol. The summed E-state index contributed by atoms with van der Waals surface area (Å²) in [5.41, 5.74) is 2.60. The van der Waals surface area contributed by atoms with Gasteiger partial charge < -0.3 is 0 Å². The Labute approximate surface area is 141 Å². The Morgan fingerprint density at radius 1 is 0.913 bits per heavy atom. The molecule has 0 spiro atoms. The highest BCUT2D eigenvalue weighted by Gasteiger charge is 2.14. The minimum absolute atomic E-state index is 0.151. The van der Waals surface area contributed by atoms with Crippen molar-refractivity contribution < 1.29 is 0 Å². The van der Waals surface area contributed by atoms with Crippen molar-refractivity contribution in [3.05, 3.63) is 71.8 Å². The van der Waals surface area contributed by atoms with Crippen LogP contribution in [0.15, 0.2) is 60.7 Å². The van der Waals surface area contributed by atoms with E-state index < -0.39 is 0 Å². The van der Waals surface area contributed by atoms with Crippen LogP contribution < -0.4 is 0 Å². The van der Waals surface area contributed by atoms with Crippen LogP contribution in [0, 0.1) is 11.8 Å². The molecule has 0 heterocycles. The molecular weight excluding hydrogens is 278 g/mol. The number of nitrogens with zero attached hydrogens (tertiary/aromatic N) is 1. The second kappa shape index (κ2) is 9.87. The molecule has 0 saturated carbocycles. The number of hydrogen-bond acceptors (Lipinski definition) is 1. The lowest BCUT2D eigenvalue weighted by Gasteiger charge is -2.24. The van der Waals surface area contributed by atoms with Crippen LogP contribution in [0.2, 0.25) is 0 Å². The second-order valence-electron chi connectivity index (χ2n) is 5.99. The van der Waals surface area contributed by atoms with Crippen molar-refractivity contribution in [2.45, 2.75) is 45.2 Å². The summed E-state index contributed by atoms with van der Waals surface area (Å²) >= 11 is 0.